The summed E-state index contributed by atoms with van der Waals surface area (Å²) in [6.45, 7) is 0. The summed E-state index contributed by atoms with van der Waals surface area (Å²) in [4.78, 5) is 19.8. The molecular weight excluding hydrogens is 463 g/mol. The summed E-state index contributed by atoms with van der Waals surface area (Å²) in [6, 6.07) is 15.3. The van der Waals surface area contributed by atoms with Crippen LogP contribution in [0.3, 0.4) is 0 Å². The van der Waals surface area contributed by atoms with Gasteiger partial charge in [-0.15, -0.1) is 0 Å². The first-order chi connectivity index (χ1) is 17.5. The van der Waals surface area contributed by atoms with Gasteiger partial charge in [-0.25, -0.2) is 23.8 Å². The number of hydrogen-bond donors (Lipinski definition) is 2. The van der Waals surface area contributed by atoms with E-state index in [9.17, 15) is 15.2 Å². The van der Waals surface area contributed by atoms with Crippen LogP contribution in [-0.4, -0.2) is 30.8 Å². The second kappa shape index (κ2) is 9.46. The van der Waals surface area contributed by atoms with Gasteiger partial charge >= 0.3 is 5.97 Å². The lowest BCUT2D eigenvalue weighted by atomic mass is 9.88. The number of nitrogens with zero attached hydrogens (tertiary/aromatic N) is 5. The zero-order valence-corrected chi connectivity index (χ0v) is 19.1. The smallest absolute Gasteiger partial charge is 0.346 e. The number of aromatic nitrogens is 4. The number of carbonyl (C=O) groups is 1. The summed E-state index contributed by atoms with van der Waals surface area (Å²) in [7, 11) is 0. The number of anilines is 1. The molecule has 0 unspecified atom stereocenters. The molecule has 9 nitrogen and oxygen atoms in total. The first kappa shape index (κ1) is 23.0. The summed E-state index contributed by atoms with van der Waals surface area (Å²) in [5.41, 5.74) is 7.60. The van der Waals surface area contributed by atoms with Crippen molar-refractivity contribution in [2.24, 2.45) is 0 Å². The number of carboxylic acids is 1. The molecule has 5 rings (SSSR count). The fraction of sp³-hybridized carbons (Fsp3) is 0.192. The third kappa shape index (κ3) is 4.22. The summed E-state index contributed by atoms with van der Waals surface area (Å²) in [5, 5.41) is 23.6. The highest BCUT2D eigenvalue weighted by Crippen LogP contribution is 2.39. The van der Waals surface area contributed by atoms with E-state index in [-0.39, 0.29) is 23.0 Å². The predicted molar refractivity (Wildman–Crippen MR) is 129 cm³/mol. The SMILES string of the molecule is N#CC(C(=O)O)=C1CCC(n2nc(-c3ccc(Oc4ccccc4)cc3F)c3c(N)ncnc32)CC1. The third-order valence-electron chi connectivity index (χ3n) is 6.28. The minimum Gasteiger partial charge on any atom is -0.477 e. The van der Waals surface area contributed by atoms with Gasteiger partial charge in [-0.3, -0.25) is 0 Å². The molecule has 0 spiro atoms. The summed E-state index contributed by atoms with van der Waals surface area (Å²) in [5.74, 6) is -0.640. The molecule has 0 saturated heterocycles. The van der Waals surface area contributed by atoms with Gasteiger partial charge in [-0.05, 0) is 55.5 Å². The number of nitrogens with two attached hydrogens (primary N) is 1. The lowest BCUT2D eigenvalue weighted by Gasteiger charge is -2.24. The van der Waals surface area contributed by atoms with Crippen molar-refractivity contribution in [1.29, 1.82) is 5.26 Å². The van der Waals surface area contributed by atoms with Gasteiger partial charge in [-0.1, -0.05) is 18.2 Å². The number of halogens is 1. The Morgan fingerprint density at radius 2 is 1.89 bits per heavy atom. The maximum absolute atomic E-state index is 15.3. The van der Waals surface area contributed by atoms with Crippen molar-refractivity contribution in [2.75, 3.05) is 5.73 Å². The molecule has 2 aromatic heterocycles. The van der Waals surface area contributed by atoms with Gasteiger partial charge in [0, 0.05) is 11.6 Å². The van der Waals surface area contributed by atoms with Crippen LogP contribution in [0.5, 0.6) is 11.5 Å². The molecule has 4 aromatic rings. The predicted octanol–water partition coefficient (Wildman–Crippen LogP) is 5.03. The summed E-state index contributed by atoms with van der Waals surface area (Å²) in [6.07, 6.45) is 3.33. The van der Waals surface area contributed by atoms with E-state index in [1.807, 2.05) is 18.2 Å². The highest BCUT2D eigenvalue weighted by molar-refractivity contribution is 5.98. The van der Waals surface area contributed by atoms with E-state index in [1.54, 1.807) is 35.0 Å². The molecule has 2 heterocycles. The quantitative estimate of drug-likeness (QED) is 0.297. The highest BCUT2D eigenvalue weighted by Gasteiger charge is 2.28. The molecule has 36 heavy (non-hydrogen) atoms. The Bertz CT molecular complexity index is 1530. The summed E-state index contributed by atoms with van der Waals surface area (Å²) >= 11 is 0. The van der Waals surface area contributed by atoms with Crippen molar-refractivity contribution in [1.82, 2.24) is 19.7 Å². The number of para-hydroxylation sites is 1. The van der Waals surface area contributed by atoms with E-state index in [4.69, 9.17) is 15.6 Å². The van der Waals surface area contributed by atoms with Gasteiger partial charge in [0.15, 0.2) is 5.65 Å². The topological polar surface area (TPSA) is 140 Å². The molecule has 1 aliphatic carbocycles. The number of ether oxygens (including phenoxy) is 1. The molecule has 10 heteroatoms. The number of benzene rings is 2. The first-order valence-corrected chi connectivity index (χ1v) is 11.3. The van der Waals surface area contributed by atoms with Crippen molar-refractivity contribution < 1.29 is 19.0 Å². The van der Waals surface area contributed by atoms with Crippen molar-refractivity contribution in [3.8, 4) is 28.8 Å². The van der Waals surface area contributed by atoms with Crippen LogP contribution in [0.25, 0.3) is 22.3 Å². The van der Waals surface area contributed by atoms with Crippen LogP contribution in [0.2, 0.25) is 0 Å². The zero-order chi connectivity index (χ0) is 25.2. The van der Waals surface area contributed by atoms with Gasteiger partial charge in [-0.2, -0.15) is 10.4 Å². The molecular formula is C26H21FN6O3. The fourth-order valence-corrected chi connectivity index (χ4v) is 4.54. The van der Waals surface area contributed by atoms with E-state index in [1.165, 1.54) is 12.4 Å². The fourth-order valence-electron chi connectivity index (χ4n) is 4.54. The van der Waals surface area contributed by atoms with Crippen molar-refractivity contribution in [3.05, 3.63) is 71.8 Å². The number of carboxylic acid groups (broad SMARTS) is 1. The number of fused-ring (bicyclic) bond motifs is 1. The Kier molecular flexibility index (Phi) is 6.04. The minimum atomic E-state index is -1.21. The number of allylic oxidation sites excluding steroid dienone is 1. The van der Waals surface area contributed by atoms with E-state index in [2.05, 4.69) is 9.97 Å². The number of nitriles is 1. The van der Waals surface area contributed by atoms with Crippen LogP contribution >= 0.6 is 0 Å². The molecule has 2 aromatic carbocycles. The van der Waals surface area contributed by atoms with Crippen molar-refractivity contribution in [2.45, 2.75) is 31.7 Å². The van der Waals surface area contributed by atoms with E-state index < -0.39 is 11.8 Å². The standard InChI is InChI=1S/C26H21FN6O3/c27-21-12-18(36-17-4-2-1-3-5-17)10-11-19(21)23-22-24(29)30-14-31-25(22)33(32-23)16-8-6-15(7-9-16)20(13-28)26(34)35/h1-5,10-12,14,16H,6-9H2,(H,34,35)(H2,29,30,31). The molecule has 1 saturated carbocycles. The Balaban J connectivity index is 1.50. The van der Waals surface area contributed by atoms with Crippen LogP contribution in [0, 0.1) is 17.1 Å². The van der Waals surface area contributed by atoms with Crippen LogP contribution < -0.4 is 10.5 Å². The van der Waals surface area contributed by atoms with Gasteiger partial charge in [0.05, 0.1) is 11.4 Å². The largest absolute Gasteiger partial charge is 0.477 e. The van der Waals surface area contributed by atoms with Crippen LogP contribution in [-0.2, 0) is 4.79 Å². The molecule has 0 amide bonds. The normalized spacial score (nSPS) is 15.4. The molecule has 180 valence electrons. The number of hydrogen-bond acceptors (Lipinski definition) is 7. The van der Waals surface area contributed by atoms with Crippen LogP contribution in [0.1, 0.15) is 31.7 Å². The highest BCUT2D eigenvalue weighted by atomic mass is 19.1. The van der Waals surface area contributed by atoms with Gasteiger partial charge in [0.25, 0.3) is 0 Å². The van der Waals surface area contributed by atoms with E-state index in [0.29, 0.717) is 59.5 Å². The zero-order valence-electron chi connectivity index (χ0n) is 19.1. The molecule has 1 aliphatic rings. The molecule has 0 radical (unpaired) electrons. The maximum atomic E-state index is 15.3. The average Bonchev–Trinajstić information content (AvgIpc) is 3.26. The Labute approximate surface area is 205 Å². The van der Waals surface area contributed by atoms with Crippen LogP contribution in [0.15, 0.2) is 66.0 Å². The molecule has 0 bridgehead atoms. The first-order valence-electron chi connectivity index (χ1n) is 11.3. The Morgan fingerprint density at radius 1 is 1.14 bits per heavy atom. The van der Waals surface area contributed by atoms with Gasteiger partial charge in [0.2, 0.25) is 0 Å². The summed E-state index contributed by atoms with van der Waals surface area (Å²) < 4.78 is 22.7. The third-order valence-corrected chi connectivity index (χ3v) is 6.28. The monoisotopic (exact) mass is 484 g/mol. The number of nitrogen functional groups attached to an aromatic ring is 1. The molecule has 0 atom stereocenters. The van der Waals surface area contributed by atoms with Gasteiger partial charge < -0.3 is 15.6 Å². The maximum Gasteiger partial charge on any atom is 0.346 e. The Morgan fingerprint density at radius 3 is 2.56 bits per heavy atom. The second-order valence-electron chi connectivity index (χ2n) is 8.43. The van der Waals surface area contributed by atoms with Crippen LogP contribution in [0.4, 0.5) is 10.2 Å². The van der Waals surface area contributed by atoms with E-state index in [0.717, 1.165) is 0 Å². The Hall–Kier alpha value is -4.78. The van der Waals surface area contributed by atoms with E-state index >= 15 is 4.39 Å². The van der Waals surface area contributed by atoms with Crippen molar-refractivity contribution >= 4 is 22.8 Å². The lowest BCUT2D eigenvalue weighted by molar-refractivity contribution is -0.132. The lowest BCUT2D eigenvalue weighted by Crippen LogP contribution is -2.17. The minimum absolute atomic E-state index is 0.128. The molecule has 0 aliphatic heterocycles. The molecule has 1 fully saturated rings. The number of rotatable bonds is 5. The molecule has 3 N–H and O–H groups in total. The number of aliphatic carboxylic acids is 1. The van der Waals surface area contributed by atoms with Gasteiger partial charge in [0.1, 0.15) is 46.8 Å². The average molecular weight is 484 g/mol. The second-order valence-corrected chi connectivity index (χ2v) is 8.43. The van der Waals surface area contributed by atoms with Crippen molar-refractivity contribution in [3.63, 3.8) is 0 Å².